The lowest BCUT2D eigenvalue weighted by molar-refractivity contribution is -0.136. The lowest BCUT2D eigenvalue weighted by Crippen LogP contribution is -2.36. The van der Waals surface area contributed by atoms with Gasteiger partial charge in [-0.25, -0.2) is 4.79 Å². The SMILES string of the molecule is COc1ccccc1CN(C(=O)COc1c(Cl)cccc1C(=O)O)[C@@H](C)c1ccccc1. The van der Waals surface area contributed by atoms with E-state index in [0.717, 1.165) is 11.1 Å². The highest BCUT2D eigenvalue weighted by molar-refractivity contribution is 6.32. The Morgan fingerprint density at radius 3 is 2.38 bits per heavy atom. The van der Waals surface area contributed by atoms with Crippen molar-refractivity contribution >= 4 is 23.5 Å². The summed E-state index contributed by atoms with van der Waals surface area (Å²) in [6.45, 7) is 1.85. The van der Waals surface area contributed by atoms with Crippen LogP contribution in [-0.4, -0.2) is 35.6 Å². The van der Waals surface area contributed by atoms with E-state index in [4.69, 9.17) is 21.1 Å². The number of halogens is 1. The topological polar surface area (TPSA) is 76.1 Å². The first kappa shape index (κ1) is 23.2. The van der Waals surface area contributed by atoms with Gasteiger partial charge in [0.25, 0.3) is 5.91 Å². The quantitative estimate of drug-likeness (QED) is 0.481. The normalized spacial score (nSPS) is 11.5. The molecule has 0 aliphatic rings. The van der Waals surface area contributed by atoms with Crippen LogP contribution in [0.4, 0.5) is 0 Å². The van der Waals surface area contributed by atoms with Crippen molar-refractivity contribution in [2.75, 3.05) is 13.7 Å². The molecule has 3 aromatic rings. The molecule has 1 atom stereocenters. The van der Waals surface area contributed by atoms with E-state index in [2.05, 4.69) is 0 Å². The van der Waals surface area contributed by atoms with E-state index in [1.807, 2.05) is 61.5 Å². The lowest BCUT2D eigenvalue weighted by Gasteiger charge is -2.30. The predicted octanol–water partition coefficient (Wildman–Crippen LogP) is 5.22. The highest BCUT2D eigenvalue weighted by atomic mass is 35.5. The van der Waals surface area contributed by atoms with Crippen LogP contribution >= 0.6 is 11.6 Å². The van der Waals surface area contributed by atoms with Crippen molar-refractivity contribution in [3.05, 3.63) is 94.5 Å². The van der Waals surface area contributed by atoms with Crippen molar-refractivity contribution in [1.82, 2.24) is 4.90 Å². The molecule has 0 saturated heterocycles. The van der Waals surface area contributed by atoms with Gasteiger partial charge in [-0.1, -0.05) is 66.2 Å². The highest BCUT2D eigenvalue weighted by Gasteiger charge is 2.24. The van der Waals surface area contributed by atoms with Crippen molar-refractivity contribution in [3.8, 4) is 11.5 Å². The first-order valence-electron chi connectivity index (χ1n) is 10.0. The molecule has 6 nitrogen and oxygen atoms in total. The zero-order chi connectivity index (χ0) is 23.1. The molecule has 0 fully saturated rings. The Kier molecular flexibility index (Phi) is 7.73. The van der Waals surface area contributed by atoms with Crippen molar-refractivity contribution in [3.63, 3.8) is 0 Å². The fraction of sp³-hybridized carbons (Fsp3) is 0.200. The zero-order valence-electron chi connectivity index (χ0n) is 17.8. The van der Waals surface area contributed by atoms with E-state index in [1.54, 1.807) is 12.0 Å². The molecular formula is C25H24ClNO5. The summed E-state index contributed by atoms with van der Waals surface area (Å²) in [4.78, 5) is 26.5. The van der Waals surface area contributed by atoms with Crippen LogP contribution in [0.3, 0.4) is 0 Å². The van der Waals surface area contributed by atoms with Gasteiger partial charge in [0.05, 0.1) is 24.7 Å². The number of rotatable bonds is 9. The number of methoxy groups -OCH3 is 1. The number of hydrogen-bond donors (Lipinski definition) is 1. The van der Waals surface area contributed by atoms with Crippen LogP contribution < -0.4 is 9.47 Å². The Morgan fingerprint density at radius 1 is 1.00 bits per heavy atom. The molecule has 1 N–H and O–H groups in total. The van der Waals surface area contributed by atoms with Gasteiger partial charge in [-0.05, 0) is 30.7 Å². The summed E-state index contributed by atoms with van der Waals surface area (Å²) in [6.07, 6.45) is 0. The molecule has 0 aliphatic heterocycles. The Bertz CT molecular complexity index is 1090. The molecule has 1 amide bonds. The first-order chi connectivity index (χ1) is 15.4. The summed E-state index contributed by atoms with van der Waals surface area (Å²) < 4.78 is 11.1. The smallest absolute Gasteiger partial charge is 0.339 e. The summed E-state index contributed by atoms with van der Waals surface area (Å²) in [5, 5.41) is 9.54. The van der Waals surface area contributed by atoms with E-state index >= 15 is 0 Å². The predicted molar refractivity (Wildman–Crippen MR) is 122 cm³/mol. The van der Waals surface area contributed by atoms with Gasteiger partial charge in [-0.2, -0.15) is 0 Å². The number of aromatic carboxylic acids is 1. The molecule has 32 heavy (non-hydrogen) atoms. The molecule has 166 valence electrons. The van der Waals surface area contributed by atoms with E-state index in [-0.39, 0.29) is 41.4 Å². The van der Waals surface area contributed by atoms with Crippen LogP contribution in [-0.2, 0) is 11.3 Å². The average Bonchev–Trinajstić information content (AvgIpc) is 2.81. The molecule has 3 rings (SSSR count). The average molecular weight is 454 g/mol. The number of para-hydroxylation sites is 2. The summed E-state index contributed by atoms with van der Waals surface area (Å²) >= 11 is 6.13. The van der Waals surface area contributed by atoms with Crippen LogP contribution in [0, 0.1) is 0 Å². The maximum Gasteiger partial charge on any atom is 0.339 e. The number of carboxylic acids is 1. The van der Waals surface area contributed by atoms with Crippen molar-refractivity contribution < 1.29 is 24.2 Å². The van der Waals surface area contributed by atoms with Crippen molar-refractivity contribution in [2.45, 2.75) is 19.5 Å². The number of ether oxygens (including phenoxy) is 2. The number of nitrogens with zero attached hydrogens (tertiary/aromatic N) is 1. The second kappa shape index (κ2) is 10.7. The summed E-state index contributed by atoms with van der Waals surface area (Å²) in [6, 6.07) is 21.3. The maximum absolute atomic E-state index is 13.3. The number of carboxylic acid groups (broad SMARTS) is 1. The monoisotopic (exact) mass is 453 g/mol. The van der Waals surface area contributed by atoms with Crippen LogP contribution in [0.15, 0.2) is 72.8 Å². The summed E-state index contributed by atoms with van der Waals surface area (Å²) in [5.41, 5.74) is 1.70. The van der Waals surface area contributed by atoms with Gasteiger partial charge in [0.1, 0.15) is 11.3 Å². The fourth-order valence-corrected chi connectivity index (χ4v) is 3.64. The fourth-order valence-electron chi connectivity index (χ4n) is 3.41. The Morgan fingerprint density at radius 2 is 1.69 bits per heavy atom. The molecular weight excluding hydrogens is 430 g/mol. The molecule has 0 aromatic heterocycles. The number of hydrogen-bond acceptors (Lipinski definition) is 4. The highest BCUT2D eigenvalue weighted by Crippen LogP contribution is 2.30. The van der Waals surface area contributed by atoms with Crippen molar-refractivity contribution in [2.24, 2.45) is 0 Å². The van der Waals surface area contributed by atoms with Gasteiger partial charge in [0.2, 0.25) is 0 Å². The third kappa shape index (κ3) is 5.39. The van der Waals surface area contributed by atoms with E-state index in [0.29, 0.717) is 5.75 Å². The van der Waals surface area contributed by atoms with Gasteiger partial charge < -0.3 is 19.5 Å². The van der Waals surface area contributed by atoms with Gasteiger partial charge in [-0.15, -0.1) is 0 Å². The standard InChI is InChI=1S/C25H24ClNO5/c1-17(18-9-4-3-5-10-18)27(15-19-11-6-7-14-22(19)31-2)23(28)16-32-24-20(25(29)30)12-8-13-21(24)26/h3-14,17H,15-16H2,1-2H3,(H,29,30)/t17-/m0/s1. The number of benzene rings is 3. The zero-order valence-corrected chi connectivity index (χ0v) is 18.6. The van der Waals surface area contributed by atoms with Crippen LogP contribution in [0.2, 0.25) is 5.02 Å². The van der Waals surface area contributed by atoms with Crippen LogP contribution in [0.25, 0.3) is 0 Å². The Hall–Kier alpha value is -3.51. The van der Waals surface area contributed by atoms with Gasteiger partial charge >= 0.3 is 5.97 Å². The van der Waals surface area contributed by atoms with E-state index in [1.165, 1.54) is 18.2 Å². The Labute approximate surface area is 192 Å². The van der Waals surface area contributed by atoms with Crippen molar-refractivity contribution in [1.29, 1.82) is 0 Å². The second-order valence-corrected chi connectivity index (χ2v) is 7.54. The molecule has 0 heterocycles. The van der Waals surface area contributed by atoms with E-state index in [9.17, 15) is 14.7 Å². The Balaban J connectivity index is 1.88. The number of amides is 1. The van der Waals surface area contributed by atoms with Crippen LogP contribution in [0.5, 0.6) is 11.5 Å². The summed E-state index contributed by atoms with van der Waals surface area (Å²) in [7, 11) is 1.58. The van der Waals surface area contributed by atoms with Gasteiger partial charge in [0.15, 0.2) is 12.4 Å². The molecule has 0 unspecified atom stereocenters. The van der Waals surface area contributed by atoms with Gasteiger partial charge in [0, 0.05) is 5.56 Å². The molecule has 0 spiro atoms. The minimum absolute atomic E-state index is 0.0281. The molecule has 0 radical (unpaired) electrons. The van der Waals surface area contributed by atoms with E-state index < -0.39 is 5.97 Å². The maximum atomic E-state index is 13.3. The minimum atomic E-state index is -1.18. The summed E-state index contributed by atoms with van der Waals surface area (Å²) in [5.74, 6) is -0.854. The molecule has 7 heteroatoms. The second-order valence-electron chi connectivity index (χ2n) is 7.13. The number of carbonyl (C=O) groups excluding carboxylic acids is 1. The molecule has 3 aromatic carbocycles. The lowest BCUT2D eigenvalue weighted by atomic mass is 10.1. The number of carbonyl (C=O) groups is 2. The molecule has 0 bridgehead atoms. The van der Waals surface area contributed by atoms with Crippen LogP contribution in [0.1, 0.15) is 34.5 Å². The third-order valence-corrected chi connectivity index (χ3v) is 5.44. The third-order valence-electron chi connectivity index (χ3n) is 5.14. The molecule has 0 aliphatic carbocycles. The minimum Gasteiger partial charge on any atom is -0.496 e. The van der Waals surface area contributed by atoms with Gasteiger partial charge in [-0.3, -0.25) is 4.79 Å². The molecule has 0 saturated carbocycles. The largest absolute Gasteiger partial charge is 0.496 e. The first-order valence-corrected chi connectivity index (χ1v) is 10.4.